The maximum absolute atomic E-state index is 12.4. The molecule has 2 aromatic carbocycles. The number of rotatable bonds is 6. The van der Waals surface area contributed by atoms with E-state index >= 15 is 0 Å². The standard InChI is InChI=1S/C21H24N2O5/c1-25-18-8-15-5-6-23(11-16(15)9-19(18)26-2)12-21(24)22-10-14-3-4-17-20(7-14)28-13-27-17/h3-4,7-9H,5-6,10-13H2,1-2H3,(H,22,24)/p+1. The highest BCUT2D eigenvalue weighted by molar-refractivity contribution is 5.76. The summed E-state index contributed by atoms with van der Waals surface area (Å²) >= 11 is 0. The molecule has 0 saturated carbocycles. The fraction of sp³-hybridized carbons (Fsp3) is 0.381. The molecule has 0 fully saturated rings. The average Bonchev–Trinajstić information content (AvgIpc) is 3.19. The molecular weight excluding hydrogens is 360 g/mol. The van der Waals surface area contributed by atoms with Crippen molar-refractivity contribution < 1.29 is 28.6 Å². The van der Waals surface area contributed by atoms with Gasteiger partial charge in [-0.05, 0) is 35.4 Å². The number of hydrogen-bond donors (Lipinski definition) is 2. The Balaban J connectivity index is 1.33. The zero-order valence-corrected chi connectivity index (χ0v) is 16.2. The van der Waals surface area contributed by atoms with Crippen molar-refractivity contribution in [3.05, 3.63) is 47.0 Å². The second kappa shape index (κ2) is 7.98. The number of amides is 1. The van der Waals surface area contributed by atoms with Gasteiger partial charge in [0.15, 0.2) is 29.5 Å². The van der Waals surface area contributed by atoms with Crippen molar-refractivity contribution in [2.75, 3.05) is 34.1 Å². The van der Waals surface area contributed by atoms with Crippen LogP contribution in [0.2, 0.25) is 0 Å². The zero-order chi connectivity index (χ0) is 19.5. The quantitative estimate of drug-likeness (QED) is 0.766. The molecule has 2 aromatic rings. The number of carbonyl (C=O) groups is 1. The zero-order valence-electron chi connectivity index (χ0n) is 16.2. The van der Waals surface area contributed by atoms with Gasteiger partial charge >= 0.3 is 0 Å². The minimum absolute atomic E-state index is 0.0385. The van der Waals surface area contributed by atoms with Crippen LogP contribution in [-0.2, 0) is 24.3 Å². The summed E-state index contributed by atoms with van der Waals surface area (Å²) in [5, 5.41) is 3.00. The molecule has 0 aliphatic carbocycles. The monoisotopic (exact) mass is 385 g/mol. The average molecular weight is 385 g/mol. The van der Waals surface area contributed by atoms with E-state index in [4.69, 9.17) is 18.9 Å². The highest BCUT2D eigenvalue weighted by Gasteiger charge is 2.24. The fourth-order valence-corrected chi connectivity index (χ4v) is 3.72. The van der Waals surface area contributed by atoms with Crippen LogP contribution in [0.15, 0.2) is 30.3 Å². The number of carbonyl (C=O) groups excluding carboxylic acids is 1. The van der Waals surface area contributed by atoms with Crippen LogP contribution < -0.4 is 29.2 Å². The van der Waals surface area contributed by atoms with E-state index in [0.29, 0.717) is 13.1 Å². The van der Waals surface area contributed by atoms with Gasteiger partial charge in [-0.1, -0.05) is 6.07 Å². The normalized spacial score (nSPS) is 17.0. The van der Waals surface area contributed by atoms with Crippen molar-refractivity contribution >= 4 is 5.91 Å². The van der Waals surface area contributed by atoms with E-state index in [2.05, 4.69) is 5.32 Å². The summed E-state index contributed by atoms with van der Waals surface area (Å²) in [4.78, 5) is 13.7. The number of nitrogens with one attached hydrogen (secondary N) is 2. The van der Waals surface area contributed by atoms with E-state index in [-0.39, 0.29) is 12.7 Å². The third-order valence-electron chi connectivity index (χ3n) is 5.23. The second-order valence-corrected chi connectivity index (χ2v) is 7.04. The highest BCUT2D eigenvalue weighted by Crippen LogP contribution is 2.32. The predicted molar refractivity (Wildman–Crippen MR) is 102 cm³/mol. The maximum Gasteiger partial charge on any atom is 0.275 e. The summed E-state index contributed by atoms with van der Waals surface area (Å²) < 4.78 is 21.5. The van der Waals surface area contributed by atoms with Gasteiger partial charge in [-0.2, -0.15) is 0 Å². The Bertz CT molecular complexity index is 883. The molecule has 2 heterocycles. The van der Waals surface area contributed by atoms with Crippen LogP contribution >= 0.6 is 0 Å². The highest BCUT2D eigenvalue weighted by atomic mass is 16.7. The third kappa shape index (κ3) is 3.84. The summed E-state index contributed by atoms with van der Waals surface area (Å²) in [6.45, 7) is 2.89. The molecule has 7 nitrogen and oxygen atoms in total. The number of fused-ring (bicyclic) bond motifs is 2. The molecule has 7 heteroatoms. The Hall–Kier alpha value is -2.93. The van der Waals surface area contributed by atoms with Crippen molar-refractivity contribution in [1.82, 2.24) is 5.32 Å². The summed E-state index contributed by atoms with van der Waals surface area (Å²) in [5.41, 5.74) is 3.47. The largest absolute Gasteiger partial charge is 0.493 e. The molecule has 1 amide bonds. The Kier molecular flexibility index (Phi) is 5.25. The van der Waals surface area contributed by atoms with Crippen molar-refractivity contribution in [1.29, 1.82) is 0 Å². The molecule has 0 saturated heterocycles. The first-order chi connectivity index (χ1) is 13.7. The molecule has 2 N–H and O–H groups in total. The van der Waals surface area contributed by atoms with Crippen molar-refractivity contribution in [2.45, 2.75) is 19.5 Å². The van der Waals surface area contributed by atoms with Crippen LogP contribution in [0, 0.1) is 0 Å². The van der Waals surface area contributed by atoms with Gasteiger partial charge in [-0.15, -0.1) is 0 Å². The van der Waals surface area contributed by atoms with Crippen LogP contribution in [0.4, 0.5) is 0 Å². The van der Waals surface area contributed by atoms with Gasteiger partial charge in [-0.25, -0.2) is 0 Å². The Morgan fingerprint density at radius 2 is 1.82 bits per heavy atom. The Morgan fingerprint density at radius 1 is 1.07 bits per heavy atom. The molecular formula is C21H25N2O5+. The minimum Gasteiger partial charge on any atom is -0.493 e. The SMILES string of the molecule is COc1cc2c(cc1OC)C[NH+](CC(=O)NCc1ccc3c(c1)OCO3)CC2. The van der Waals surface area contributed by atoms with Crippen molar-refractivity contribution in [3.63, 3.8) is 0 Å². The third-order valence-corrected chi connectivity index (χ3v) is 5.23. The molecule has 2 aliphatic rings. The lowest BCUT2D eigenvalue weighted by molar-refractivity contribution is -0.908. The van der Waals surface area contributed by atoms with Crippen LogP contribution in [0.1, 0.15) is 16.7 Å². The summed E-state index contributed by atoms with van der Waals surface area (Å²) in [7, 11) is 3.29. The number of benzene rings is 2. The number of hydrogen-bond acceptors (Lipinski definition) is 5. The topological polar surface area (TPSA) is 70.5 Å². The van der Waals surface area contributed by atoms with Gasteiger partial charge in [0.2, 0.25) is 6.79 Å². The van der Waals surface area contributed by atoms with Crippen LogP contribution in [0.5, 0.6) is 23.0 Å². The number of methoxy groups -OCH3 is 2. The first kappa shape index (κ1) is 18.4. The second-order valence-electron chi connectivity index (χ2n) is 7.04. The predicted octanol–water partition coefficient (Wildman–Crippen LogP) is 0.690. The molecule has 4 rings (SSSR count). The molecule has 0 aromatic heterocycles. The van der Waals surface area contributed by atoms with E-state index in [9.17, 15) is 4.79 Å². The minimum atomic E-state index is 0.0385. The Labute approximate surface area is 164 Å². The number of ether oxygens (including phenoxy) is 4. The van der Waals surface area contributed by atoms with Gasteiger partial charge in [-0.3, -0.25) is 4.79 Å². The molecule has 1 unspecified atom stereocenters. The van der Waals surface area contributed by atoms with Crippen LogP contribution in [0.3, 0.4) is 0 Å². The summed E-state index contributed by atoms with van der Waals surface area (Å²) in [6, 6.07) is 9.80. The van der Waals surface area contributed by atoms with Gasteiger partial charge in [0.1, 0.15) is 6.54 Å². The van der Waals surface area contributed by atoms with Gasteiger partial charge in [0.05, 0.1) is 20.8 Å². The molecule has 0 radical (unpaired) electrons. The van der Waals surface area contributed by atoms with Gasteiger partial charge in [0.25, 0.3) is 5.91 Å². The van der Waals surface area contributed by atoms with Crippen molar-refractivity contribution in [3.8, 4) is 23.0 Å². The van der Waals surface area contributed by atoms with E-state index in [1.807, 2.05) is 30.3 Å². The fourth-order valence-electron chi connectivity index (χ4n) is 3.72. The lowest BCUT2D eigenvalue weighted by Crippen LogP contribution is -3.12. The first-order valence-corrected chi connectivity index (χ1v) is 9.39. The molecule has 0 bridgehead atoms. The van der Waals surface area contributed by atoms with Gasteiger partial charge in [0, 0.05) is 18.5 Å². The molecule has 28 heavy (non-hydrogen) atoms. The Morgan fingerprint density at radius 3 is 2.61 bits per heavy atom. The van der Waals surface area contributed by atoms with Crippen molar-refractivity contribution in [2.24, 2.45) is 0 Å². The van der Waals surface area contributed by atoms with Crippen LogP contribution in [0.25, 0.3) is 0 Å². The summed E-state index contributed by atoms with van der Waals surface area (Å²) in [5.74, 6) is 3.01. The maximum atomic E-state index is 12.4. The molecule has 148 valence electrons. The smallest absolute Gasteiger partial charge is 0.275 e. The summed E-state index contributed by atoms with van der Waals surface area (Å²) in [6.07, 6.45) is 0.917. The first-order valence-electron chi connectivity index (χ1n) is 9.39. The van der Waals surface area contributed by atoms with E-state index in [0.717, 1.165) is 48.1 Å². The van der Waals surface area contributed by atoms with E-state index in [1.54, 1.807) is 14.2 Å². The van der Waals surface area contributed by atoms with E-state index in [1.165, 1.54) is 16.0 Å². The van der Waals surface area contributed by atoms with Gasteiger partial charge < -0.3 is 29.2 Å². The molecule has 2 aliphatic heterocycles. The number of quaternary nitrogens is 1. The lowest BCUT2D eigenvalue weighted by Gasteiger charge is -2.26. The molecule has 1 atom stereocenters. The lowest BCUT2D eigenvalue weighted by atomic mass is 9.99. The molecule has 0 spiro atoms. The van der Waals surface area contributed by atoms with Crippen LogP contribution in [-0.4, -0.2) is 40.0 Å². The van der Waals surface area contributed by atoms with E-state index < -0.39 is 0 Å².